The lowest BCUT2D eigenvalue weighted by Gasteiger charge is -2.32. The molecule has 2 heterocycles. The van der Waals surface area contributed by atoms with Crippen LogP contribution in [0.4, 0.5) is 5.95 Å². The molecule has 1 saturated heterocycles. The van der Waals surface area contributed by atoms with Gasteiger partial charge in [-0.1, -0.05) is 0 Å². The number of hydrogen-bond donors (Lipinski definition) is 0. The van der Waals surface area contributed by atoms with Gasteiger partial charge in [-0.2, -0.15) is 0 Å². The first-order valence-corrected chi connectivity index (χ1v) is 6.54. The lowest BCUT2D eigenvalue weighted by molar-refractivity contribution is 0.311. The molecule has 0 aromatic carbocycles. The Balaban J connectivity index is 1.86. The van der Waals surface area contributed by atoms with Gasteiger partial charge in [0.05, 0.1) is 0 Å². The minimum absolute atomic E-state index is 0.955. The van der Waals surface area contributed by atoms with Crippen molar-refractivity contribution in [1.82, 2.24) is 14.9 Å². The monoisotopic (exact) mass is 232 g/mol. The van der Waals surface area contributed by atoms with Gasteiger partial charge in [0.1, 0.15) is 0 Å². The van der Waals surface area contributed by atoms with Gasteiger partial charge in [-0.15, -0.1) is 0 Å². The molecular formula is C13H20N4. The van der Waals surface area contributed by atoms with Crippen LogP contribution in [-0.4, -0.2) is 48.1 Å². The highest BCUT2D eigenvalue weighted by Crippen LogP contribution is 2.24. The SMILES string of the molecule is Cc1nc(N2CCN(C)CC2)nc2c1CCC2. The van der Waals surface area contributed by atoms with Crippen LogP contribution in [0.1, 0.15) is 23.4 Å². The van der Waals surface area contributed by atoms with Crippen LogP contribution in [-0.2, 0) is 12.8 Å². The molecule has 0 atom stereocenters. The molecule has 4 nitrogen and oxygen atoms in total. The molecule has 3 rings (SSSR count). The Morgan fingerprint density at radius 2 is 1.76 bits per heavy atom. The van der Waals surface area contributed by atoms with E-state index in [9.17, 15) is 0 Å². The molecule has 0 unspecified atom stereocenters. The summed E-state index contributed by atoms with van der Waals surface area (Å²) in [5, 5.41) is 0. The maximum absolute atomic E-state index is 4.76. The maximum atomic E-state index is 4.76. The van der Waals surface area contributed by atoms with E-state index in [1.54, 1.807) is 0 Å². The van der Waals surface area contributed by atoms with E-state index in [4.69, 9.17) is 4.98 Å². The van der Waals surface area contributed by atoms with Crippen LogP contribution in [0, 0.1) is 6.92 Å². The molecule has 0 bridgehead atoms. The van der Waals surface area contributed by atoms with Gasteiger partial charge >= 0.3 is 0 Å². The second kappa shape index (κ2) is 4.26. The van der Waals surface area contributed by atoms with E-state index in [0.717, 1.165) is 38.5 Å². The van der Waals surface area contributed by atoms with Gasteiger partial charge in [-0.25, -0.2) is 9.97 Å². The minimum Gasteiger partial charge on any atom is -0.338 e. The van der Waals surface area contributed by atoms with E-state index in [-0.39, 0.29) is 0 Å². The summed E-state index contributed by atoms with van der Waals surface area (Å²) in [5.41, 5.74) is 3.90. The fourth-order valence-corrected chi connectivity index (χ4v) is 2.75. The Morgan fingerprint density at radius 3 is 2.53 bits per heavy atom. The van der Waals surface area contributed by atoms with Gasteiger partial charge in [0.25, 0.3) is 0 Å². The first-order chi connectivity index (χ1) is 8.24. The lowest BCUT2D eigenvalue weighted by Crippen LogP contribution is -2.45. The molecule has 0 N–H and O–H groups in total. The van der Waals surface area contributed by atoms with E-state index in [1.165, 1.54) is 29.8 Å². The molecule has 0 spiro atoms. The average Bonchev–Trinajstić information content (AvgIpc) is 2.78. The van der Waals surface area contributed by atoms with Crippen molar-refractivity contribution in [3.8, 4) is 0 Å². The molecule has 1 aliphatic carbocycles. The molecule has 2 aliphatic rings. The van der Waals surface area contributed by atoms with Gasteiger partial charge < -0.3 is 9.80 Å². The quantitative estimate of drug-likeness (QED) is 0.724. The number of rotatable bonds is 1. The second-order valence-electron chi connectivity index (χ2n) is 5.18. The lowest BCUT2D eigenvalue weighted by atomic mass is 10.2. The molecule has 1 aromatic rings. The molecule has 0 radical (unpaired) electrons. The molecule has 1 aliphatic heterocycles. The number of aryl methyl sites for hydroxylation is 2. The second-order valence-corrected chi connectivity index (χ2v) is 5.18. The van der Waals surface area contributed by atoms with Gasteiger partial charge in [-0.05, 0) is 38.8 Å². The van der Waals surface area contributed by atoms with Gasteiger partial charge in [0, 0.05) is 37.6 Å². The third kappa shape index (κ3) is 2.02. The topological polar surface area (TPSA) is 32.3 Å². The first kappa shape index (κ1) is 11.0. The summed E-state index contributed by atoms with van der Waals surface area (Å²) in [7, 11) is 2.17. The zero-order chi connectivity index (χ0) is 11.8. The Kier molecular flexibility index (Phi) is 2.74. The number of likely N-dealkylation sites (N-methyl/N-ethyl adjacent to an activating group) is 1. The van der Waals surface area contributed by atoms with Crippen molar-refractivity contribution in [2.24, 2.45) is 0 Å². The number of aromatic nitrogens is 2. The van der Waals surface area contributed by atoms with Crippen molar-refractivity contribution >= 4 is 5.95 Å². The number of anilines is 1. The third-order valence-electron chi connectivity index (χ3n) is 3.91. The van der Waals surface area contributed by atoms with Crippen LogP contribution in [0.25, 0.3) is 0 Å². The summed E-state index contributed by atoms with van der Waals surface area (Å²) in [5.74, 6) is 0.955. The van der Waals surface area contributed by atoms with Crippen LogP contribution in [0.3, 0.4) is 0 Å². The first-order valence-electron chi connectivity index (χ1n) is 6.54. The molecule has 1 aromatic heterocycles. The smallest absolute Gasteiger partial charge is 0.225 e. The van der Waals surface area contributed by atoms with E-state index >= 15 is 0 Å². The molecule has 92 valence electrons. The van der Waals surface area contributed by atoms with Crippen LogP contribution < -0.4 is 4.90 Å². The summed E-state index contributed by atoms with van der Waals surface area (Å²) >= 11 is 0. The number of piperazine rings is 1. The third-order valence-corrected chi connectivity index (χ3v) is 3.91. The number of hydrogen-bond acceptors (Lipinski definition) is 4. The van der Waals surface area contributed by atoms with E-state index in [1.807, 2.05) is 0 Å². The van der Waals surface area contributed by atoms with Crippen molar-refractivity contribution in [3.63, 3.8) is 0 Å². The summed E-state index contributed by atoms with van der Waals surface area (Å²) in [6.45, 7) is 6.45. The molecule has 1 fully saturated rings. The van der Waals surface area contributed by atoms with Gasteiger partial charge in [-0.3, -0.25) is 0 Å². The fraction of sp³-hybridized carbons (Fsp3) is 0.692. The van der Waals surface area contributed by atoms with Crippen molar-refractivity contribution < 1.29 is 0 Å². The largest absolute Gasteiger partial charge is 0.338 e. The van der Waals surface area contributed by atoms with Crippen molar-refractivity contribution in [2.75, 3.05) is 38.1 Å². The van der Waals surface area contributed by atoms with E-state index in [2.05, 4.69) is 28.8 Å². The zero-order valence-corrected chi connectivity index (χ0v) is 10.7. The van der Waals surface area contributed by atoms with Crippen LogP contribution in [0.2, 0.25) is 0 Å². The van der Waals surface area contributed by atoms with Crippen molar-refractivity contribution in [2.45, 2.75) is 26.2 Å². The maximum Gasteiger partial charge on any atom is 0.225 e. The van der Waals surface area contributed by atoms with Gasteiger partial charge in [0.2, 0.25) is 5.95 Å². The average molecular weight is 232 g/mol. The molecular weight excluding hydrogens is 212 g/mol. The molecule has 0 saturated carbocycles. The highest BCUT2D eigenvalue weighted by molar-refractivity contribution is 5.39. The Hall–Kier alpha value is -1.16. The predicted molar refractivity (Wildman–Crippen MR) is 68.5 cm³/mol. The molecule has 4 heteroatoms. The van der Waals surface area contributed by atoms with Crippen LogP contribution in [0.5, 0.6) is 0 Å². The number of fused-ring (bicyclic) bond motifs is 1. The Bertz CT molecular complexity index is 422. The molecule has 0 amide bonds. The highest BCUT2D eigenvalue weighted by atomic mass is 15.3. The Labute approximate surface area is 103 Å². The normalized spacial score (nSPS) is 20.7. The summed E-state index contributed by atoms with van der Waals surface area (Å²) in [6, 6.07) is 0. The van der Waals surface area contributed by atoms with Crippen molar-refractivity contribution in [1.29, 1.82) is 0 Å². The van der Waals surface area contributed by atoms with Gasteiger partial charge in [0.15, 0.2) is 0 Å². The van der Waals surface area contributed by atoms with E-state index < -0.39 is 0 Å². The number of nitrogens with zero attached hydrogens (tertiary/aromatic N) is 4. The predicted octanol–water partition coefficient (Wildman–Crippen LogP) is 1.03. The van der Waals surface area contributed by atoms with Crippen LogP contribution >= 0.6 is 0 Å². The Morgan fingerprint density at radius 1 is 1.00 bits per heavy atom. The molecule has 17 heavy (non-hydrogen) atoms. The highest BCUT2D eigenvalue weighted by Gasteiger charge is 2.21. The van der Waals surface area contributed by atoms with E-state index in [0.29, 0.717) is 0 Å². The van der Waals surface area contributed by atoms with Crippen LogP contribution in [0.15, 0.2) is 0 Å². The summed E-state index contributed by atoms with van der Waals surface area (Å²) in [4.78, 5) is 14.1. The fourth-order valence-electron chi connectivity index (χ4n) is 2.75. The summed E-state index contributed by atoms with van der Waals surface area (Å²) in [6.07, 6.45) is 3.56. The minimum atomic E-state index is 0.955. The standard InChI is InChI=1S/C13H20N4/c1-10-11-4-3-5-12(11)15-13(14-10)17-8-6-16(2)7-9-17/h3-9H2,1-2H3. The van der Waals surface area contributed by atoms with Crippen molar-refractivity contribution in [3.05, 3.63) is 17.0 Å². The zero-order valence-electron chi connectivity index (χ0n) is 10.7. The summed E-state index contributed by atoms with van der Waals surface area (Å²) < 4.78 is 0.